The van der Waals surface area contributed by atoms with Crippen LogP contribution in [0.3, 0.4) is 0 Å². The highest BCUT2D eigenvalue weighted by Gasteiger charge is 2.18. The highest BCUT2D eigenvalue weighted by molar-refractivity contribution is 5.28. The van der Waals surface area contributed by atoms with Crippen LogP contribution in [0.2, 0.25) is 0 Å². The number of nitrogens with one attached hydrogen (secondary N) is 1. The van der Waals surface area contributed by atoms with Crippen molar-refractivity contribution in [2.45, 2.75) is 32.2 Å². The molecule has 2 unspecified atom stereocenters. The Labute approximate surface area is 98.0 Å². The van der Waals surface area contributed by atoms with Gasteiger partial charge >= 0.3 is 0 Å². The minimum Gasteiger partial charge on any atom is -0.497 e. The molecule has 1 aromatic carbocycles. The summed E-state index contributed by atoms with van der Waals surface area (Å²) in [4.78, 5) is 0. The molecule has 1 aliphatic rings. The van der Waals surface area contributed by atoms with Crippen LogP contribution in [-0.4, -0.2) is 19.7 Å². The maximum atomic E-state index is 5.25. The van der Waals surface area contributed by atoms with Crippen molar-refractivity contribution >= 4 is 0 Å². The van der Waals surface area contributed by atoms with Gasteiger partial charge in [-0.2, -0.15) is 0 Å². The first-order valence-corrected chi connectivity index (χ1v) is 6.14. The number of piperidine rings is 1. The Kier molecular flexibility index (Phi) is 3.83. The minimum absolute atomic E-state index is 0.671. The van der Waals surface area contributed by atoms with Crippen molar-refractivity contribution in [3.05, 3.63) is 29.8 Å². The number of hydrogen-bond acceptors (Lipinski definition) is 2. The predicted octanol–water partition coefficient (Wildman–Crippen LogP) is 2.63. The maximum Gasteiger partial charge on any atom is 0.119 e. The lowest BCUT2D eigenvalue weighted by molar-refractivity contribution is 0.313. The molecule has 1 aliphatic heterocycles. The van der Waals surface area contributed by atoms with Gasteiger partial charge in [-0.05, 0) is 56.3 Å². The molecule has 16 heavy (non-hydrogen) atoms. The lowest BCUT2D eigenvalue weighted by atomic mass is 9.88. The van der Waals surface area contributed by atoms with Gasteiger partial charge in [-0.3, -0.25) is 0 Å². The van der Waals surface area contributed by atoms with Crippen LogP contribution in [0.1, 0.15) is 25.3 Å². The number of ether oxygens (including phenoxy) is 1. The Balaban J connectivity index is 1.97. The predicted molar refractivity (Wildman–Crippen MR) is 66.9 cm³/mol. The van der Waals surface area contributed by atoms with Crippen LogP contribution >= 0.6 is 0 Å². The van der Waals surface area contributed by atoms with Gasteiger partial charge in [0.05, 0.1) is 7.11 Å². The van der Waals surface area contributed by atoms with E-state index in [0.717, 1.165) is 18.2 Å². The molecule has 0 saturated carbocycles. The van der Waals surface area contributed by atoms with Gasteiger partial charge in [0.25, 0.3) is 0 Å². The van der Waals surface area contributed by atoms with Crippen LogP contribution in [0.25, 0.3) is 0 Å². The minimum atomic E-state index is 0.671. The third kappa shape index (κ3) is 2.99. The summed E-state index contributed by atoms with van der Waals surface area (Å²) in [6.07, 6.45) is 3.77. The molecule has 2 heteroatoms. The van der Waals surface area contributed by atoms with Crippen molar-refractivity contribution < 1.29 is 4.74 Å². The smallest absolute Gasteiger partial charge is 0.119 e. The Bertz CT molecular complexity index is 337. The van der Waals surface area contributed by atoms with Crippen LogP contribution < -0.4 is 10.1 Å². The van der Waals surface area contributed by atoms with Gasteiger partial charge in [0.2, 0.25) is 0 Å². The molecule has 1 N–H and O–H groups in total. The molecular formula is C14H21NO. The van der Waals surface area contributed by atoms with E-state index in [1.165, 1.54) is 24.8 Å². The average molecular weight is 219 g/mol. The van der Waals surface area contributed by atoms with E-state index < -0.39 is 0 Å². The van der Waals surface area contributed by atoms with Crippen molar-refractivity contribution in [1.82, 2.24) is 5.32 Å². The third-order valence-corrected chi connectivity index (χ3v) is 3.39. The average Bonchev–Trinajstić information content (AvgIpc) is 2.29. The van der Waals surface area contributed by atoms with Crippen molar-refractivity contribution in [1.29, 1.82) is 0 Å². The van der Waals surface area contributed by atoms with Gasteiger partial charge in [0.1, 0.15) is 5.75 Å². The summed E-state index contributed by atoms with van der Waals surface area (Å²) >= 11 is 0. The molecule has 0 aromatic heterocycles. The molecule has 88 valence electrons. The van der Waals surface area contributed by atoms with Gasteiger partial charge in [-0.1, -0.05) is 12.1 Å². The van der Waals surface area contributed by atoms with Crippen LogP contribution in [0.5, 0.6) is 5.75 Å². The summed E-state index contributed by atoms with van der Waals surface area (Å²) in [5.74, 6) is 1.79. The Morgan fingerprint density at radius 1 is 1.44 bits per heavy atom. The summed E-state index contributed by atoms with van der Waals surface area (Å²) in [6, 6.07) is 9.12. The summed E-state index contributed by atoms with van der Waals surface area (Å²) in [7, 11) is 1.73. The van der Waals surface area contributed by atoms with Crippen molar-refractivity contribution in [2.24, 2.45) is 5.92 Å². The Hall–Kier alpha value is -1.02. The molecule has 2 atom stereocenters. The molecule has 2 rings (SSSR count). The summed E-state index contributed by atoms with van der Waals surface area (Å²) in [5, 5.41) is 3.50. The zero-order valence-corrected chi connectivity index (χ0v) is 10.2. The Morgan fingerprint density at radius 2 is 2.31 bits per heavy atom. The van der Waals surface area contributed by atoms with Crippen molar-refractivity contribution in [3.8, 4) is 5.75 Å². The van der Waals surface area contributed by atoms with Gasteiger partial charge in [0, 0.05) is 6.04 Å². The first-order valence-electron chi connectivity index (χ1n) is 6.14. The Morgan fingerprint density at radius 3 is 3.06 bits per heavy atom. The van der Waals surface area contributed by atoms with E-state index in [1.54, 1.807) is 7.11 Å². The summed E-state index contributed by atoms with van der Waals surface area (Å²) in [5.41, 5.74) is 1.40. The van der Waals surface area contributed by atoms with Crippen LogP contribution in [0.4, 0.5) is 0 Å². The van der Waals surface area contributed by atoms with E-state index in [-0.39, 0.29) is 0 Å². The fourth-order valence-electron chi connectivity index (χ4n) is 2.55. The molecule has 1 aromatic rings. The molecule has 0 radical (unpaired) electrons. The fraction of sp³-hybridized carbons (Fsp3) is 0.571. The van der Waals surface area contributed by atoms with Gasteiger partial charge in [0.15, 0.2) is 0 Å². The fourth-order valence-corrected chi connectivity index (χ4v) is 2.55. The van der Waals surface area contributed by atoms with E-state index in [0.29, 0.717) is 6.04 Å². The molecule has 0 spiro atoms. The van der Waals surface area contributed by atoms with Gasteiger partial charge in [-0.25, -0.2) is 0 Å². The number of hydrogen-bond donors (Lipinski definition) is 1. The van der Waals surface area contributed by atoms with E-state index in [9.17, 15) is 0 Å². The van der Waals surface area contributed by atoms with Gasteiger partial charge < -0.3 is 10.1 Å². The van der Waals surface area contributed by atoms with E-state index in [2.05, 4.69) is 30.4 Å². The van der Waals surface area contributed by atoms with Crippen molar-refractivity contribution in [2.75, 3.05) is 13.7 Å². The molecule has 2 nitrogen and oxygen atoms in total. The number of methoxy groups -OCH3 is 1. The number of benzene rings is 1. The molecule has 0 aliphatic carbocycles. The quantitative estimate of drug-likeness (QED) is 0.843. The first-order chi connectivity index (χ1) is 7.78. The second-order valence-electron chi connectivity index (χ2n) is 4.80. The highest BCUT2D eigenvalue weighted by atomic mass is 16.5. The maximum absolute atomic E-state index is 5.25. The van der Waals surface area contributed by atoms with Crippen molar-refractivity contribution in [3.63, 3.8) is 0 Å². The van der Waals surface area contributed by atoms with Gasteiger partial charge in [-0.15, -0.1) is 0 Å². The normalized spacial score (nSPS) is 25.4. The van der Waals surface area contributed by atoms with E-state index in [4.69, 9.17) is 4.74 Å². The standard InChI is InChI=1S/C14H21NO/c1-11-8-13(6-7-15-11)9-12-4-3-5-14(10-12)16-2/h3-5,10-11,13,15H,6-9H2,1-2H3. The number of rotatable bonds is 3. The summed E-state index contributed by atoms with van der Waals surface area (Å²) < 4.78 is 5.25. The molecule has 1 fully saturated rings. The lowest BCUT2D eigenvalue weighted by Gasteiger charge is -2.28. The zero-order chi connectivity index (χ0) is 11.4. The van der Waals surface area contributed by atoms with Crippen LogP contribution in [-0.2, 0) is 6.42 Å². The third-order valence-electron chi connectivity index (χ3n) is 3.39. The zero-order valence-electron chi connectivity index (χ0n) is 10.2. The topological polar surface area (TPSA) is 21.3 Å². The molecule has 1 heterocycles. The largest absolute Gasteiger partial charge is 0.497 e. The van der Waals surface area contributed by atoms with E-state index >= 15 is 0 Å². The van der Waals surface area contributed by atoms with Crippen LogP contribution in [0, 0.1) is 5.92 Å². The SMILES string of the molecule is COc1cccc(CC2CCNC(C)C2)c1. The molecular weight excluding hydrogens is 198 g/mol. The van der Waals surface area contributed by atoms with Crippen LogP contribution in [0.15, 0.2) is 24.3 Å². The summed E-state index contributed by atoms with van der Waals surface area (Å²) in [6.45, 7) is 3.44. The molecule has 0 bridgehead atoms. The first kappa shape index (κ1) is 11.5. The lowest BCUT2D eigenvalue weighted by Crippen LogP contribution is -2.36. The molecule has 1 saturated heterocycles. The van der Waals surface area contributed by atoms with E-state index in [1.807, 2.05) is 6.07 Å². The second kappa shape index (κ2) is 5.35. The molecule has 0 amide bonds. The highest BCUT2D eigenvalue weighted by Crippen LogP contribution is 2.22. The second-order valence-corrected chi connectivity index (χ2v) is 4.80. The monoisotopic (exact) mass is 219 g/mol.